The minimum absolute atomic E-state index is 0.0831. The fourth-order valence-corrected chi connectivity index (χ4v) is 3.17. The summed E-state index contributed by atoms with van der Waals surface area (Å²) in [6.45, 7) is 7.63. The van der Waals surface area contributed by atoms with Gasteiger partial charge in [0.25, 0.3) is 0 Å². The van der Waals surface area contributed by atoms with Gasteiger partial charge in [0.05, 0.1) is 11.8 Å². The molecule has 2 rings (SSSR count). The van der Waals surface area contributed by atoms with E-state index in [9.17, 15) is 14.9 Å². The highest BCUT2D eigenvalue weighted by Crippen LogP contribution is 2.21. The van der Waals surface area contributed by atoms with Crippen LogP contribution >= 0.6 is 11.8 Å². The molecule has 2 aromatic rings. The van der Waals surface area contributed by atoms with Crippen molar-refractivity contribution in [1.29, 1.82) is 5.26 Å². The first-order chi connectivity index (χ1) is 11.8. The van der Waals surface area contributed by atoms with Crippen LogP contribution in [0.2, 0.25) is 0 Å². The second-order valence-electron chi connectivity index (χ2n) is 5.88. The first-order valence-electron chi connectivity index (χ1n) is 7.82. The van der Waals surface area contributed by atoms with Crippen molar-refractivity contribution in [3.8, 4) is 6.07 Å². The van der Waals surface area contributed by atoms with Crippen LogP contribution in [0.1, 0.15) is 40.9 Å². The van der Waals surface area contributed by atoms with Crippen molar-refractivity contribution in [2.45, 2.75) is 38.8 Å². The average molecular weight is 356 g/mol. The van der Waals surface area contributed by atoms with Crippen LogP contribution in [0.25, 0.3) is 0 Å². The number of nitrogens with zero attached hydrogens (tertiary/aromatic N) is 2. The number of aromatic nitrogens is 2. The first-order valence-corrected chi connectivity index (χ1v) is 8.80. The zero-order chi connectivity index (χ0) is 18.6. The van der Waals surface area contributed by atoms with E-state index in [0.29, 0.717) is 11.3 Å². The molecule has 130 valence electrons. The van der Waals surface area contributed by atoms with Gasteiger partial charge in [-0.15, -0.1) is 0 Å². The van der Waals surface area contributed by atoms with E-state index in [4.69, 9.17) is 0 Å². The fraction of sp³-hybridized carbons (Fsp3) is 0.333. The largest absolute Gasteiger partial charge is 0.349 e. The molecule has 0 aliphatic rings. The van der Waals surface area contributed by atoms with Crippen LogP contribution in [0.15, 0.2) is 28.0 Å². The molecule has 1 heterocycles. The third kappa shape index (κ3) is 4.70. The smallest absolute Gasteiger partial charge is 0.346 e. The molecular formula is C18H20N4O2S. The lowest BCUT2D eigenvalue weighted by Crippen LogP contribution is -2.28. The maximum Gasteiger partial charge on any atom is 0.346 e. The zero-order valence-electron chi connectivity index (χ0n) is 14.6. The van der Waals surface area contributed by atoms with Crippen LogP contribution in [0.5, 0.6) is 0 Å². The molecule has 0 aliphatic carbocycles. The molecule has 0 saturated carbocycles. The van der Waals surface area contributed by atoms with E-state index in [-0.39, 0.29) is 22.7 Å². The molecule has 6 nitrogen and oxygen atoms in total. The molecule has 1 aromatic carbocycles. The van der Waals surface area contributed by atoms with Gasteiger partial charge < -0.3 is 10.3 Å². The highest BCUT2D eigenvalue weighted by atomic mass is 32.2. The summed E-state index contributed by atoms with van der Waals surface area (Å²) in [5, 5.41) is 12.4. The number of thioether (sulfide) groups is 1. The number of amides is 1. The topological polar surface area (TPSA) is 98.6 Å². The lowest BCUT2D eigenvalue weighted by molar-refractivity contribution is -0.119. The molecule has 0 saturated heterocycles. The van der Waals surface area contributed by atoms with Gasteiger partial charge in [-0.2, -0.15) is 10.2 Å². The predicted octanol–water partition coefficient (Wildman–Crippen LogP) is 2.54. The third-order valence-corrected chi connectivity index (χ3v) is 4.92. The molecule has 1 atom stereocenters. The van der Waals surface area contributed by atoms with Gasteiger partial charge >= 0.3 is 5.69 Å². The molecule has 0 spiro atoms. The molecule has 0 aliphatic heterocycles. The quantitative estimate of drug-likeness (QED) is 0.633. The maximum atomic E-state index is 12.2. The van der Waals surface area contributed by atoms with Gasteiger partial charge in [0.1, 0.15) is 16.7 Å². The number of carbonyl (C=O) groups is 1. The van der Waals surface area contributed by atoms with Crippen molar-refractivity contribution in [3.05, 3.63) is 56.6 Å². The van der Waals surface area contributed by atoms with Crippen molar-refractivity contribution >= 4 is 17.7 Å². The molecule has 1 amide bonds. The SMILES string of the molecule is Cc1ccc([C@@H](C)NC(=O)CSc2nc(=O)[nH]c(C)c2C#N)cc1C. The van der Waals surface area contributed by atoms with E-state index in [1.54, 1.807) is 6.92 Å². The maximum absolute atomic E-state index is 12.2. The molecule has 0 unspecified atom stereocenters. The minimum atomic E-state index is -0.525. The van der Waals surface area contributed by atoms with Crippen molar-refractivity contribution in [3.63, 3.8) is 0 Å². The number of nitriles is 1. The molecule has 7 heteroatoms. The monoisotopic (exact) mass is 356 g/mol. The number of carbonyl (C=O) groups excluding carboxylic acids is 1. The number of aromatic amines is 1. The molecule has 0 bridgehead atoms. The summed E-state index contributed by atoms with van der Waals surface area (Å²) < 4.78 is 0. The Kier molecular flexibility index (Phi) is 5.99. The Bertz CT molecular complexity index is 899. The van der Waals surface area contributed by atoms with Gasteiger partial charge in [-0.05, 0) is 44.4 Å². The van der Waals surface area contributed by atoms with Gasteiger partial charge in [-0.1, -0.05) is 30.0 Å². The van der Waals surface area contributed by atoms with E-state index >= 15 is 0 Å². The Labute approximate surface area is 150 Å². The third-order valence-electron chi connectivity index (χ3n) is 3.95. The van der Waals surface area contributed by atoms with E-state index < -0.39 is 5.69 Å². The van der Waals surface area contributed by atoms with Crippen LogP contribution in [0, 0.1) is 32.1 Å². The van der Waals surface area contributed by atoms with Crippen molar-refractivity contribution in [1.82, 2.24) is 15.3 Å². The Balaban J connectivity index is 2.03. The number of hydrogen-bond acceptors (Lipinski definition) is 5. The van der Waals surface area contributed by atoms with Gasteiger partial charge in [-0.3, -0.25) is 4.79 Å². The number of aryl methyl sites for hydroxylation is 3. The first kappa shape index (κ1) is 18.7. The van der Waals surface area contributed by atoms with E-state index in [1.807, 2.05) is 39.0 Å². The Morgan fingerprint density at radius 2 is 2.08 bits per heavy atom. The number of benzene rings is 1. The summed E-state index contributed by atoms with van der Waals surface area (Å²) in [7, 11) is 0. The Hall–Kier alpha value is -2.59. The Morgan fingerprint density at radius 3 is 2.72 bits per heavy atom. The van der Waals surface area contributed by atoms with Gasteiger partial charge in [0.15, 0.2) is 0 Å². The van der Waals surface area contributed by atoms with Crippen LogP contribution in [0.3, 0.4) is 0 Å². The van der Waals surface area contributed by atoms with Crippen molar-refractivity contribution < 1.29 is 4.79 Å². The van der Waals surface area contributed by atoms with Crippen LogP contribution in [-0.2, 0) is 4.79 Å². The van der Waals surface area contributed by atoms with Gasteiger partial charge in [0.2, 0.25) is 5.91 Å². The highest BCUT2D eigenvalue weighted by Gasteiger charge is 2.14. The van der Waals surface area contributed by atoms with Crippen LogP contribution in [0.4, 0.5) is 0 Å². The number of hydrogen-bond donors (Lipinski definition) is 2. The molecule has 1 aromatic heterocycles. The van der Waals surface area contributed by atoms with Gasteiger partial charge in [0, 0.05) is 5.69 Å². The molecule has 2 N–H and O–H groups in total. The zero-order valence-corrected chi connectivity index (χ0v) is 15.5. The highest BCUT2D eigenvalue weighted by molar-refractivity contribution is 8.00. The summed E-state index contributed by atoms with van der Waals surface area (Å²) in [6, 6.07) is 7.97. The number of H-pyrrole nitrogens is 1. The summed E-state index contributed by atoms with van der Waals surface area (Å²) in [6.07, 6.45) is 0. The fourth-order valence-electron chi connectivity index (χ4n) is 2.33. The van der Waals surface area contributed by atoms with E-state index in [2.05, 4.69) is 21.4 Å². The molecule has 25 heavy (non-hydrogen) atoms. The van der Waals surface area contributed by atoms with Crippen molar-refractivity contribution in [2.75, 3.05) is 5.75 Å². The molecule has 0 radical (unpaired) electrons. The summed E-state index contributed by atoms with van der Waals surface area (Å²) in [4.78, 5) is 29.9. The number of rotatable bonds is 5. The second-order valence-corrected chi connectivity index (χ2v) is 6.84. The van der Waals surface area contributed by atoms with Gasteiger partial charge in [-0.25, -0.2) is 4.79 Å². The lowest BCUT2D eigenvalue weighted by atomic mass is 10.0. The summed E-state index contributed by atoms with van der Waals surface area (Å²) in [5.74, 6) is -0.0981. The van der Waals surface area contributed by atoms with E-state index in [1.165, 1.54) is 11.1 Å². The Morgan fingerprint density at radius 1 is 1.36 bits per heavy atom. The predicted molar refractivity (Wildman–Crippen MR) is 97.5 cm³/mol. The van der Waals surface area contributed by atoms with Crippen LogP contribution in [-0.4, -0.2) is 21.6 Å². The lowest BCUT2D eigenvalue weighted by Gasteiger charge is -2.15. The van der Waals surface area contributed by atoms with Crippen molar-refractivity contribution in [2.24, 2.45) is 0 Å². The normalized spacial score (nSPS) is 11.6. The number of nitrogens with one attached hydrogen (secondary N) is 2. The summed E-state index contributed by atoms with van der Waals surface area (Å²) >= 11 is 1.09. The summed E-state index contributed by atoms with van der Waals surface area (Å²) in [5.41, 5.74) is 3.63. The van der Waals surface area contributed by atoms with E-state index in [0.717, 1.165) is 17.3 Å². The molecule has 0 fully saturated rings. The van der Waals surface area contributed by atoms with Crippen LogP contribution < -0.4 is 11.0 Å². The minimum Gasteiger partial charge on any atom is -0.349 e. The average Bonchev–Trinajstić information content (AvgIpc) is 2.55. The second kappa shape index (κ2) is 7.99. The molecular weight excluding hydrogens is 336 g/mol. The standard InChI is InChI=1S/C18H20N4O2S/c1-10-5-6-14(7-11(10)2)12(3)20-16(23)9-25-17-15(8-19)13(4)21-18(24)22-17/h5-7,12H,9H2,1-4H3,(H,20,23)(H,21,22,24)/t12-/m1/s1.